The molecule has 0 aromatic heterocycles. The van der Waals surface area contributed by atoms with E-state index in [0.29, 0.717) is 18.7 Å². The SMILES string of the molecule is CC.CN1CCC(=O)C12CCN(CC(=O)c1ccccc1)CC2. The van der Waals surface area contributed by atoms with Crippen molar-refractivity contribution in [1.82, 2.24) is 9.80 Å². The van der Waals surface area contributed by atoms with Gasteiger partial charge in [-0.3, -0.25) is 19.4 Å². The molecule has 3 rings (SSSR count). The number of benzene rings is 1. The quantitative estimate of drug-likeness (QED) is 0.804. The van der Waals surface area contributed by atoms with Gasteiger partial charge in [-0.05, 0) is 19.9 Å². The summed E-state index contributed by atoms with van der Waals surface area (Å²) in [6, 6.07) is 9.43. The van der Waals surface area contributed by atoms with Crippen LogP contribution in [0.5, 0.6) is 0 Å². The van der Waals surface area contributed by atoms with Gasteiger partial charge in [-0.2, -0.15) is 0 Å². The van der Waals surface area contributed by atoms with Gasteiger partial charge in [0.25, 0.3) is 0 Å². The maximum atomic E-state index is 12.2. The molecule has 2 saturated heterocycles. The molecule has 0 bridgehead atoms. The van der Waals surface area contributed by atoms with Gasteiger partial charge in [0.2, 0.25) is 0 Å². The Morgan fingerprint density at radius 3 is 2.22 bits per heavy atom. The van der Waals surface area contributed by atoms with Crippen molar-refractivity contribution in [1.29, 1.82) is 0 Å². The fraction of sp³-hybridized carbons (Fsp3) is 0.579. The fourth-order valence-corrected chi connectivity index (χ4v) is 3.59. The van der Waals surface area contributed by atoms with Crippen molar-refractivity contribution in [3.05, 3.63) is 35.9 Å². The maximum Gasteiger partial charge on any atom is 0.176 e. The molecule has 2 heterocycles. The first-order valence-corrected chi connectivity index (χ1v) is 8.67. The summed E-state index contributed by atoms with van der Waals surface area (Å²) in [6.45, 7) is 6.99. The monoisotopic (exact) mass is 316 g/mol. The van der Waals surface area contributed by atoms with Crippen LogP contribution in [0.15, 0.2) is 30.3 Å². The third-order valence-electron chi connectivity index (χ3n) is 5.07. The Balaban J connectivity index is 0.000000924. The number of piperidine rings is 1. The molecule has 2 aliphatic heterocycles. The number of likely N-dealkylation sites (tertiary alicyclic amines) is 2. The molecule has 2 aliphatic rings. The van der Waals surface area contributed by atoms with Gasteiger partial charge in [-0.25, -0.2) is 0 Å². The minimum Gasteiger partial charge on any atom is -0.298 e. The number of carbonyl (C=O) groups is 2. The second-order valence-corrected chi connectivity index (χ2v) is 6.19. The first-order valence-electron chi connectivity index (χ1n) is 8.67. The van der Waals surface area contributed by atoms with E-state index in [1.807, 2.05) is 44.2 Å². The zero-order valence-corrected chi connectivity index (χ0v) is 14.5. The van der Waals surface area contributed by atoms with Crippen molar-refractivity contribution < 1.29 is 9.59 Å². The lowest BCUT2D eigenvalue weighted by molar-refractivity contribution is -0.127. The van der Waals surface area contributed by atoms with Gasteiger partial charge in [0.1, 0.15) is 0 Å². The summed E-state index contributed by atoms with van der Waals surface area (Å²) < 4.78 is 0. The van der Waals surface area contributed by atoms with Crippen LogP contribution in [0.1, 0.15) is 43.5 Å². The van der Waals surface area contributed by atoms with Crippen molar-refractivity contribution in [3.63, 3.8) is 0 Å². The molecule has 2 fully saturated rings. The molecular formula is C19H28N2O2. The molecule has 0 atom stereocenters. The molecule has 0 unspecified atom stereocenters. The summed E-state index contributed by atoms with van der Waals surface area (Å²) in [5.41, 5.74) is 0.526. The van der Waals surface area contributed by atoms with Crippen molar-refractivity contribution in [2.45, 2.75) is 38.6 Å². The van der Waals surface area contributed by atoms with Gasteiger partial charge >= 0.3 is 0 Å². The Bertz CT molecular complexity index is 534. The van der Waals surface area contributed by atoms with E-state index >= 15 is 0 Å². The van der Waals surface area contributed by atoms with Gasteiger partial charge in [-0.1, -0.05) is 44.2 Å². The third kappa shape index (κ3) is 3.70. The van der Waals surface area contributed by atoms with Crippen LogP contribution in [0.3, 0.4) is 0 Å². The van der Waals surface area contributed by atoms with E-state index in [4.69, 9.17) is 0 Å². The first kappa shape index (κ1) is 17.8. The normalized spacial score (nSPS) is 21.1. The lowest BCUT2D eigenvalue weighted by Gasteiger charge is -2.42. The fourth-order valence-electron chi connectivity index (χ4n) is 3.59. The van der Waals surface area contributed by atoms with Gasteiger partial charge in [0.15, 0.2) is 11.6 Å². The zero-order valence-electron chi connectivity index (χ0n) is 14.5. The number of Topliss-reactive ketones (excluding diaryl/α,β-unsaturated/α-hetero) is 2. The van der Waals surface area contributed by atoms with E-state index in [1.54, 1.807) is 0 Å². The van der Waals surface area contributed by atoms with Crippen LogP contribution in [-0.2, 0) is 4.79 Å². The molecule has 126 valence electrons. The van der Waals surface area contributed by atoms with Crippen LogP contribution in [-0.4, -0.2) is 60.1 Å². The smallest absolute Gasteiger partial charge is 0.176 e. The molecule has 0 radical (unpaired) electrons. The Morgan fingerprint density at radius 1 is 1.09 bits per heavy atom. The topological polar surface area (TPSA) is 40.6 Å². The molecule has 0 saturated carbocycles. The third-order valence-corrected chi connectivity index (χ3v) is 5.07. The van der Waals surface area contributed by atoms with Crippen LogP contribution < -0.4 is 0 Å². The van der Waals surface area contributed by atoms with Crippen molar-refractivity contribution in [2.24, 2.45) is 0 Å². The number of likely N-dealkylation sites (N-methyl/N-ethyl adjacent to an activating group) is 1. The predicted molar refractivity (Wildman–Crippen MR) is 92.8 cm³/mol. The maximum absolute atomic E-state index is 12.2. The second-order valence-electron chi connectivity index (χ2n) is 6.19. The summed E-state index contributed by atoms with van der Waals surface area (Å²) in [7, 11) is 2.05. The molecule has 0 aliphatic carbocycles. The van der Waals surface area contributed by atoms with E-state index in [0.717, 1.165) is 38.0 Å². The molecule has 1 spiro atoms. The van der Waals surface area contributed by atoms with Gasteiger partial charge in [0, 0.05) is 31.6 Å². The van der Waals surface area contributed by atoms with Crippen molar-refractivity contribution >= 4 is 11.6 Å². The highest BCUT2D eigenvalue weighted by molar-refractivity contribution is 5.97. The number of carbonyl (C=O) groups excluding carboxylic acids is 2. The van der Waals surface area contributed by atoms with Crippen LogP contribution in [0, 0.1) is 0 Å². The van der Waals surface area contributed by atoms with Crippen LogP contribution >= 0.6 is 0 Å². The van der Waals surface area contributed by atoms with Gasteiger partial charge in [0.05, 0.1) is 12.1 Å². The van der Waals surface area contributed by atoms with Crippen LogP contribution in [0.25, 0.3) is 0 Å². The molecule has 4 nitrogen and oxygen atoms in total. The Hall–Kier alpha value is -1.52. The van der Waals surface area contributed by atoms with E-state index in [2.05, 4.69) is 16.8 Å². The molecule has 1 aromatic carbocycles. The number of nitrogens with zero attached hydrogens (tertiary/aromatic N) is 2. The lowest BCUT2D eigenvalue weighted by atomic mass is 9.84. The summed E-state index contributed by atoms with van der Waals surface area (Å²) in [5, 5.41) is 0. The lowest BCUT2D eigenvalue weighted by Crippen LogP contribution is -2.54. The summed E-state index contributed by atoms with van der Waals surface area (Å²) in [4.78, 5) is 28.8. The minimum atomic E-state index is -0.244. The van der Waals surface area contributed by atoms with Crippen LogP contribution in [0.2, 0.25) is 0 Å². The molecule has 0 amide bonds. The standard InChI is InChI=1S/C17H22N2O2.C2H6/c1-18-10-7-16(21)17(18)8-11-19(12-9-17)13-15(20)14-5-3-2-4-6-14;1-2/h2-6H,7-13H2,1H3;1-2H3. The van der Waals surface area contributed by atoms with E-state index < -0.39 is 0 Å². The molecule has 4 heteroatoms. The van der Waals surface area contributed by atoms with Crippen LogP contribution in [0.4, 0.5) is 0 Å². The van der Waals surface area contributed by atoms with E-state index in [1.165, 1.54) is 0 Å². The highest BCUT2D eigenvalue weighted by atomic mass is 16.1. The highest BCUT2D eigenvalue weighted by Crippen LogP contribution is 2.34. The predicted octanol–water partition coefficient (Wildman–Crippen LogP) is 2.63. The molecular weight excluding hydrogens is 288 g/mol. The van der Waals surface area contributed by atoms with E-state index in [-0.39, 0.29) is 11.3 Å². The largest absolute Gasteiger partial charge is 0.298 e. The Labute approximate surface area is 139 Å². The first-order chi connectivity index (χ1) is 11.1. The number of rotatable bonds is 3. The zero-order chi connectivity index (χ0) is 16.9. The van der Waals surface area contributed by atoms with Crippen molar-refractivity contribution in [3.8, 4) is 0 Å². The Morgan fingerprint density at radius 2 is 1.70 bits per heavy atom. The van der Waals surface area contributed by atoms with E-state index in [9.17, 15) is 9.59 Å². The Kier molecular flexibility index (Phi) is 6.08. The minimum absolute atomic E-state index is 0.164. The average molecular weight is 316 g/mol. The number of ketones is 2. The summed E-state index contributed by atoms with van der Waals surface area (Å²) in [6.07, 6.45) is 2.38. The van der Waals surface area contributed by atoms with Crippen molar-refractivity contribution in [2.75, 3.05) is 33.2 Å². The number of hydrogen-bond donors (Lipinski definition) is 0. The summed E-state index contributed by atoms with van der Waals surface area (Å²) >= 11 is 0. The molecule has 23 heavy (non-hydrogen) atoms. The highest BCUT2D eigenvalue weighted by Gasteiger charge is 2.47. The van der Waals surface area contributed by atoms with Gasteiger partial charge < -0.3 is 0 Å². The number of hydrogen-bond acceptors (Lipinski definition) is 4. The molecule has 0 N–H and O–H groups in total. The second kappa shape index (κ2) is 7.84. The van der Waals surface area contributed by atoms with Gasteiger partial charge in [-0.15, -0.1) is 0 Å². The summed E-state index contributed by atoms with van der Waals surface area (Å²) in [5.74, 6) is 0.552. The molecule has 1 aromatic rings. The average Bonchev–Trinajstić information content (AvgIpc) is 2.88.